The third kappa shape index (κ3) is 4.03. The Morgan fingerprint density at radius 3 is 1.51 bits per heavy atom. The van der Waals surface area contributed by atoms with Crippen molar-refractivity contribution in [1.82, 2.24) is 24.9 Å². The van der Waals surface area contributed by atoms with Gasteiger partial charge in [-0.25, -0.2) is 19.9 Å². The van der Waals surface area contributed by atoms with Gasteiger partial charge in [0.1, 0.15) is 0 Å². The lowest BCUT2D eigenvalue weighted by atomic mass is 10.0. The van der Waals surface area contributed by atoms with Crippen molar-refractivity contribution in [1.29, 1.82) is 0 Å². The Bertz CT molecular complexity index is 2130. The van der Waals surface area contributed by atoms with Crippen LogP contribution in [0.3, 0.4) is 0 Å². The SMILES string of the molecule is c1ccc(-c2nc(-c3ccccc3)nc(-c3ccc(-c4nc5ccccc5c5[nH]c6ccccc6c45)cc3)n2)cc1. The van der Waals surface area contributed by atoms with Gasteiger partial charge < -0.3 is 4.98 Å². The minimum absolute atomic E-state index is 0.632. The third-order valence-electron chi connectivity index (χ3n) is 7.46. The molecule has 192 valence electrons. The number of benzene rings is 5. The van der Waals surface area contributed by atoms with Crippen molar-refractivity contribution in [2.75, 3.05) is 0 Å². The van der Waals surface area contributed by atoms with Gasteiger partial charge in [-0.2, -0.15) is 0 Å². The fraction of sp³-hybridized carbons (Fsp3) is 0. The lowest BCUT2D eigenvalue weighted by molar-refractivity contribution is 1.07. The van der Waals surface area contributed by atoms with Crippen molar-refractivity contribution in [3.05, 3.63) is 133 Å². The van der Waals surface area contributed by atoms with E-state index in [2.05, 4.69) is 71.7 Å². The van der Waals surface area contributed by atoms with Crippen LogP contribution >= 0.6 is 0 Å². The predicted octanol–water partition coefficient (Wildman–Crippen LogP) is 8.72. The molecule has 0 unspecified atom stereocenters. The van der Waals surface area contributed by atoms with Crippen molar-refractivity contribution in [2.24, 2.45) is 0 Å². The first-order valence-corrected chi connectivity index (χ1v) is 13.6. The van der Waals surface area contributed by atoms with Gasteiger partial charge in [-0.05, 0) is 12.1 Å². The second-order valence-electron chi connectivity index (χ2n) is 10.0. The Kier molecular flexibility index (Phi) is 5.38. The molecule has 0 aliphatic carbocycles. The largest absolute Gasteiger partial charge is 0.354 e. The first kappa shape index (κ1) is 23.2. The quantitative estimate of drug-likeness (QED) is 0.249. The standard InChI is InChI=1S/C36H23N5/c1-3-11-24(12-4-1)34-39-35(25-13-5-2-6-14-25)41-36(40-34)26-21-19-23(20-22-26)32-31-27-15-7-9-17-29(27)38-33(31)28-16-8-10-18-30(28)37-32/h1-22,38H. The molecule has 0 atom stereocenters. The number of pyridine rings is 1. The van der Waals surface area contributed by atoms with E-state index in [0.717, 1.165) is 60.7 Å². The van der Waals surface area contributed by atoms with Gasteiger partial charge in [-0.1, -0.05) is 121 Å². The number of nitrogens with zero attached hydrogens (tertiary/aromatic N) is 4. The Balaban J connectivity index is 1.29. The summed E-state index contributed by atoms with van der Waals surface area (Å²) in [7, 11) is 0. The molecule has 0 spiro atoms. The van der Waals surface area contributed by atoms with Crippen LogP contribution in [0.5, 0.6) is 0 Å². The van der Waals surface area contributed by atoms with E-state index < -0.39 is 0 Å². The summed E-state index contributed by atoms with van der Waals surface area (Å²) in [6, 6.07) is 45.1. The van der Waals surface area contributed by atoms with Crippen molar-refractivity contribution in [3.8, 4) is 45.4 Å². The number of aromatic nitrogens is 5. The molecular formula is C36H23N5. The molecular weight excluding hydrogens is 502 g/mol. The van der Waals surface area contributed by atoms with E-state index >= 15 is 0 Å². The maximum Gasteiger partial charge on any atom is 0.164 e. The number of aromatic amines is 1. The monoisotopic (exact) mass is 525 g/mol. The fourth-order valence-corrected chi connectivity index (χ4v) is 5.47. The van der Waals surface area contributed by atoms with Crippen molar-refractivity contribution in [2.45, 2.75) is 0 Å². The topological polar surface area (TPSA) is 67.3 Å². The van der Waals surface area contributed by atoms with Gasteiger partial charge in [-0.3, -0.25) is 0 Å². The van der Waals surface area contributed by atoms with E-state index in [1.54, 1.807) is 0 Å². The van der Waals surface area contributed by atoms with E-state index in [4.69, 9.17) is 19.9 Å². The Morgan fingerprint density at radius 2 is 0.878 bits per heavy atom. The summed E-state index contributed by atoms with van der Waals surface area (Å²) in [5, 5.41) is 3.41. The predicted molar refractivity (Wildman–Crippen MR) is 166 cm³/mol. The zero-order valence-electron chi connectivity index (χ0n) is 22.0. The number of hydrogen-bond donors (Lipinski definition) is 1. The van der Waals surface area contributed by atoms with E-state index in [-0.39, 0.29) is 0 Å². The van der Waals surface area contributed by atoms with Gasteiger partial charge in [0.25, 0.3) is 0 Å². The summed E-state index contributed by atoms with van der Waals surface area (Å²) >= 11 is 0. The van der Waals surface area contributed by atoms with Crippen molar-refractivity contribution < 1.29 is 0 Å². The molecule has 41 heavy (non-hydrogen) atoms. The van der Waals surface area contributed by atoms with Gasteiger partial charge in [-0.15, -0.1) is 0 Å². The van der Waals surface area contributed by atoms with E-state index in [0.29, 0.717) is 17.5 Å². The average Bonchev–Trinajstić information content (AvgIpc) is 3.45. The maximum absolute atomic E-state index is 5.14. The third-order valence-corrected chi connectivity index (χ3v) is 7.46. The molecule has 0 saturated carbocycles. The highest BCUT2D eigenvalue weighted by atomic mass is 15.0. The minimum atomic E-state index is 0.632. The summed E-state index contributed by atoms with van der Waals surface area (Å²) in [5.74, 6) is 1.93. The summed E-state index contributed by atoms with van der Waals surface area (Å²) in [4.78, 5) is 23.4. The van der Waals surface area contributed by atoms with E-state index in [9.17, 15) is 0 Å². The molecule has 5 nitrogen and oxygen atoms in total. The second kappa shape index (κ2) is 9.50. The summed E-state index contributed by atoms with van der Waals surface area (Å²) in [6.07, 6.45) is 0. The van der Waals surface area contributed by atoms with Gasteiger partial charge >= 0.3 is 0 Å². The number of rotatable bonds is 4. The Labute approximate surface area is 236 Å². The summed E-state index contributed by atoms with van der Waals surface area (Å²) < 4.78 is 0. The number of H-pyrrole nitrogens is 1. The first-order valence-electron chi connectivity index (χ1n) is 13.6. The highest BCUT2D eigenvalue weighted by molar-refractivity contribution is 6.20. The molecule has 0 amide bonds. The normalized spacial score (nSPS) is 11.4. The van der Waals surface area contributed by atoms with Crippen molar-refractivity contribution >= 4 is 32.7 Å². The first-order chi connectivity index (χ1) is 20.3. The molecule has 0 fully saturated rings. The molecule has 0 saturated heterocycles. The van der Waals surface area contributed by atoms with Crippen LogP contribution in [0.4, 0.5) is 0 Å². The van der Waals surface area contributed by atoms with Crippen LogP contribution in [0.25, 0.3) is 78.1 Å². The number of para-hydroxylation sites is 2. The second-order valence-corrected chi connectivity index (χ2v) is 10.0. The van der Waals surface area contributed by atoms with E-state index in [1.807, 2.05) is 66.7 Å². The van der Waals surface area contributed by atoms with Crippen LogP contribution in [0.2, 0.25) is 0 Å². The molecule has 5 heteroatoms. The van der Waals surface area contributed by atoms with Crippen LogP contribution in [0.15, 0.2) is 133 Å². The zero-order chi connectivity index (χ0) is 27.2. The molecule has 3 aromatic heterocycles. The van der Waals surface area contributed by atoms with Gasteiger partial charge in [0.05, 0.1) is 16.7 Å². The lowest BCUT2D eigenvalue weighted by Crippen LogP contribution is -2.00. The number of hydrogen-bond acceptors (Lipinski definition) is 4. The Morgan fingerprint density at radius 1 is 0.390 bits per heavy atom. The summed E-state index contributed by atoms with van der Waals surface area (Å²) in [6.45, 7) is 0. The molecule has 0 bridgehead atoms. The molecule has 1 N–H and O–H groups in total. The van der Waals surface area contributed by atoms with Crippen LogP contribution in [-0.2, 0) is 0 Å². The highest BCUT2D eigenvalue weighted by Gasteiger charge is 2.17. The van der Waals surface area contributed by atoms with Gasteiger partial charge in [0, 0.05) is 43.9 Å². The Hall–Kier alpha value is -5.68. The fourth-order valence-electron chi connectivity index (χ4n) is 5.47. The van der Waals surface area contributed by atoms with Gasteiger partial charge in [0.2, 0.25) is 0 Å². The van der Waals surface area contributed by atoms with Crippen LogP contribution < -0.4 is 0 Å². The molecule has 3 heterocycles. The summed E-state index contributed by atoms with van der Waals surface area (Å²) in [5.41, 5.74) is 7.98. The van der Waals surface area contributed by atoms with Gasteiger partial charge in [0.15, 0.2) is 17.5 Å². The minimum Gasteiger partial charge on any atom is -0.354 e. The number of fused-ring (bicyclic) bond motifs is 5. The van der Waals surface area contributed by atoms with Crippen LogP contribution in [0.1, 0.15) is 0 Å². The lowest BCUT2D eigenvalue weighted by Gasteiger charge is -2.10. The molecule has 0 aliphatic heterocycles. The van der Waals surface area contributed by atoms with Crippen molar-refractivity contribution in [3.63, 3.8) is 0 Å². The molecule has 0 aliphatic rings. The smallest absolute Gasteiger partial charge is 0.164 e. The molecule has 8 rings (SSSR count). The molecule has 5 aromatic carbocycles. The average molecular weight is 526 g/mol. The van der Waals surface area contributed by atoms with Crippen LogP contribution in [0, 0.1) is 0 Å². The highest BCUT2D eigenvalue weighted by Crippen LogP contribution is 2.37. The van der Waals surface area contributed by atoms with E-state index in [1.165, 1.54) is 0 Å². The maximum atomic E-state index is 5.14. The van der Waals surface area contributed by atoms with Crippen LogP contribution in [-0.4, -0.2) is 24.9 Å². The number of nitrogens with one attached hydrogen (secondary N) is 1. The molecule has 8 aromatic rings. The zero-order valence-corrected chi connectivity index (χ0v) is 22.0. The molecule has 0 radical (unpaired) electrons.